The van der Waals surface area contributed by atoms with Crippen LogP contribution >= 0.6 is 0 Å². The highest BCUT2D eigenvalue weighted by atomic mass is 16.5. The van der Waals surface area contributed by atoms with E-state index < -0.39 is 0 Å². The molecule has 1 aliphatic heterocycles. The van der Waals surface area contributed by atoms with Gasteiger partial charge >= 0.3 is 5.97 Å². The van der Waals surface area contributed by atoms with E-state index in [1.54, 1.807) is 11.0 Å². The zero-order chi connectivity index (χ0) is 17.8. The lowest BCUT2D eigenvalue weighted by atomic mass is 9.97. The smallest absolute Gasteiger partial charge is 0.308 e. The zero-order valence-electron chi connectivity index (χ0n) is 14.1. The van der Waals surface area contributed by atoms with Crippen molar-refractivity contribution in [2.75, 3.05) is 26.7 Å². The molecule has 0 saturated carbocycles. The van der Waals surface area contributed by atoms with Crippen molar-refractivity contribution in [3.05, 3.63) is 36.0 Å². The molecule has 7 heteroatoms. The van der Waals surface area contributed by atoms with E-state index in [2.05, 4.69) is 10.3 Å². The number of fused-ring (bicyclic) bond motifs is 1. The number of carbonyl (C=O) groups is 3. The fraction of sp³-hybridized carbons (Fsp3) is 0.389. The first kappa shape index (κ1) is 17.0. The molecule has 7 nitrogen and oxygen atoms in total. The van der Waals surface area contributed by atoms with Crippen LogP contribution in [0.1, 0.15) is 23.3 Å². The van der Waals surface area contributed by atoms with Crippen LogP contribution in [0.4, 0.5) is 0 Å². The SMILES string of the molecule is COC(=O)C1CCN(C(=O)CNC(=O)c2cc3ccccc3[nH]2)CC1. The lowest BCUT2D eigenvalue weighted by Gasteiger charge is -2.30. The Morgan fingerprint density at radius 2 is 1.96 bits per heavy atom. The number of aromatic amines is 1. The minimum atomic E-state index is -0.311. The number of benzene rings is 1. The molecule has 2 N–H and O–H groups in total. The summed E-state index contributed by atoms with van der Waals surface area (Å²) in [4.78, 5) is 40.7. The Kier molecular flexibility index (Phi) is 5.02. The number of nitrogens with one attached hydrogen (secondary N) is 2. The Balaban J connectivity index is 1.50. The van der Waals surface area contributed by atoms with Crippen LogP contribution in [0.3, 0.4) is 0 Å². The van der Waals surface area contributed by atoms with Crippen molar-refractivity contribution < 1.29 is 19.1 Å². The van der Waals surface area contributed by atoms with Gasteiger partial charge in [-0.05, 0) is 25.0 Å². The number of likely N-dealkylation sites (tertiary alicyclic amines) is 1. The molecule has 0 unspecified atom stereocenters. The van der Waals surface area contributed by atoms with E-state index >= 15 is 0 Å². The summed E-state index contributed by atoms with van der Waals surface area (Å²) in [6.45, 7) is 0.943. The Morgan fingerprint density at radius 1 is 1.24 bits per heavy atom. The monoisotopic (exact) mass is 343 g/mol. The molecular weight excluding hydrogens is 322 g/mol. The number of carbonyl (C=O) groups excluding carboxylic acids is 3. The van der Waals surface area contributed by atoms with E-state index in [4.69, 9.17) is 4.74 Å². The molecule has 0 spiro atoms. The fourth-order valence-corrected chi connectivity index (χ4v) is 3.09. The van der Waals surface area contributed by atoms with Gasteiger partial charge in [0.15, 0.2) is 0 Å². The molecule has 1 aliphatic rings. The molecule has 25 heavy (non-hydrogen) atoms. The number of hydrogen-bond donors (Lipinski definition) is 2. The van der Waals surface area contributed by atoms with Crippen LogP contribution in [-0.4, -0.2) is 54.4 Å². The number of para-hydroxylation sites is 1. The number of ether oxygens (including phenoxy) is 1. The van der Waals surface area contributed by atoms with Gasteiger partial charge < -0.3 is 19.9 Å². The first-order chi connectivity index (χ1) is 12.1. The highest BCUT2D eigenvalue weighted by Crippen LogP contribution is 2.18. The van der Waals surface area contributed by atoms with Gasteiger partial charge in [-0.2, -0.15) is 0 Å². The molecule has 0 bridgehead atoms. The highest BCUT2D eigenvalue weighted by Gasteiger charge is 2.27. The van der Waals surface area contributed by atoms with Crippen LogP contribution in [0.15, 0.2) is 30.3 Å². The molecular formula is C18H21N3O4. The van der Waals surface area contributed by atoms with E-state index in [0.717, 1.165) is 10.9 Å². The first-order valence-corrected chi connectivity index (χ1v) is 8.30. The van der Waals surface area contributed by atoms with E-state index in [-0.39, 0.29) is 30.2 Å². The normalized spacial score (nSPS) is 15.2. The van der Waals surface area contributed by atoms with Crippen molar-refractivity contribution in [3.8, 4) is 0 Å². The van der Waals surface area contributed by atoms with Crippen LogP contribution in [0.25, 0.3) is 10.9 Å². The molecule has 1 aromatic heterocycles. The second kappa shape index (κ2) is 7.38. The molecule has 2 aromatic rings. The molecule has 3 rings (SSSR count). The molecule has 0 radical (unpaired) electrons. The van der Waals surface area contributed by atoms with Gasteiger partial charge in [-0.3, -0.25) is 14.4 Å². The second-order valence-corrected chi connectivity index (χ2v) is 6.13. The van der Waals surface area contributed by atoms with Gasteiger partial charge in [0, 0.05) is 24.0 Å². The minimum absolute atomic E-state index is 0.0584. The number of nitrogens with zero attached hydrogens (tertiary/aromatic N) is 1. The molecule has 1 fully saturated rings. The van der Waals surface area contributed by atoms with Gasteiger partial charge in [-0.1, -0.05) is 18.2 Å². The number of H-pyrrole nitrogens is 1. The Hall–Kier alpha value is -2.83. The third-order valence-corrected chi connectivity index (χ3v) is 4.56. The van der Waals surface area contributed by atoms with Gasteiger partial charge in [0.25, 0.3) is 5.91 Å². The van der Waals surface area contributed by atoms with Crippen LogP contribution in [-0.2, 0) is 14.3 Å². The van der Waals surface area contributed by atoms with Gasteiger partial charge in [0.05, 0.1) is 19.6 Å². The number of hydrogen-bond acceptors (Lipinski definition) is 4. The van der Waals surface area contributed by atoms with E-state index in [1.807, 2.05) is 24.3 Å². The Bertz CT molecular complexity index is 757. The molecule has 0 atom stereocenters. The Labute approximate surface area is 145 Å². The largest absolute Gasteiger partial charge is 0.469 e. The van der Waals surface area contributed by atoms with Gasteiger partial charge in [0.2, 0.25) is 5.91 Å². The topological polar surface area (TPSA) is 91.5 Å². The van der Waals surface area contributed by atoms with Gasteiger partial charge in [-0.25, -0.2) is 0 Å². The summed E-state index contributed by atoms with van der Waals surface area (Å²) in [6.07, 6.45) is 1.18. The number of piperidine rings is 1. The van der Waals surface area contributed by atoms with Crippen LogP contribution in [0, 0.1) is 5.92 Å². The highest BCUT2D eigenvalue weighted by molar-refractivity contribution is 5.99. The Morgan fingerprint density at radius 3 is 2.64 bits per heavy atom. The van der Waals surface area contributed by atoms with Crippen molar-refractivity contribution in [2.45, 2.75) is 12.8 Å². The second-order valence-electron chi connectivity index (χ2n) is 6.13. The van der Waals surface area contributed by atoms with Crippen molar-refractivity contribution in [1.82, 2.24) is 15.2 Å². The van der Waals surface area contributed by atoms with Crippen LogP contribution in [0.2, 0.25) is 0 Å². The molecule has 132 valence electrons. The quantitative estimate of drug-likeness (QED) is 0.819. The summed E-state index contributed by atoms with van der Waals surface area (Å²) in [5, 5.41) is 3.60. The maximum Gasteiger partial charge on any atom is 0.308 e. The summed E-state index contributed by atoms with van der Waals surface area (Å²) >= 11 is 0. The van der Waals surface area contributed by atoms with E-state index in [0.29, 0.717) is 31.6 Å². The first-order valence-electron chi connectivity index (χ1n) is 8.30. The lowest BCUT2D eigenvalue weighted by molar-refractivity contribution is -0.148. The molecule has 2 heterocycles. The summed E-state index contributed by atoms with van der Waals surface area (Å²) in [7, 11) is 1.37. The van der Waals surface area contributed by atoms with E-state index in [1.165, 1.54) is 7.11 Å². The maximum absolute atomic E-state index is 12.2. The van der Waals surface area contributed by atoms with Crippen LogP contribution < -0.4 is 5.32 Å². The maximum atomic E-state index is 12.2. The predicted molar refractivity (Wildman–Crippen MR) is 92.0 cm³/mol. The van der Waals surface area contributed by atoms with Crippen molar-refractivity contribution in [3.63, 3.8) is 0 Å². The van der Waals surface area contributed by atoms with E-state index in [9.17, 15) is 14.4 Å². The summed E-state index contributed by atoms with van der Waals surface area (Å²) in [5.74, 6) is -0.823. The third-order valence-electron chi connectivity index (χ3n) is 4.56. The lowest BCUT2D eigenvalue weighted by Crippen LogP contribution is -2.45. The minimum Gasteiger partial charge on any atom is -0.469 e. The average Bonchev–Trinajstić information content (AvgIpc) is 3.09. The summed E-state index contributed by atoms with van der Waals surface area (Å²) < 4.78 is 4.74. The third kappa shape index (κ3) is 3.81. The number of methoxy groups -OCH3 is 1. The molecule has 1 aromatic carbocycles. The fourth-order valence-electron chi connectivity index (χ4n) is 3.09. The summed E-state index contributed by atoms with van der Waals surface area (Å²) in [6, 6.07) is 9.36. The molecule has 1 saturated heterocycles. The number of amides is 2. The van der Waals surface area contributed by atoms with Gasteiger partial charge in [-0.15, -0.1) is 0 Å². The predicted octanol–water partition coefficient (Wildman–Crippen LogP) is 1.31. The van der Waals surface area contributed by atoms with Gasteiger partial charge in [0.1, 0.15) is 5.69 Å². The molecule has 0 aliphatic carbocycles. The van der Waals surface area contributed by atoms with Crippen molar-refractivity contribution >= 4 is 28.7 Å². The zero-order valence-corrected chi connectivity index (χ0v) is 14.1. The molecule has 2 amide bonds. The number of esters is 1. The van der Waals surface area contributed by atoms with Crippen LogP contribution in [0.5, 0.6) is 0 Å². The van der Waals surface area contributed by atoms with Crippen molar-refractivity contribution in [2.24, 2.45) is 5.92 Å². The number of aromatic nitrogens is 1. The standard InChI is InChI=1S/C18H21N3O4/c1-25-18(24)12-6-8-21(9-7-12)16(22)11-19-17(23)15-10-13-4-2-3-5-14(13)20-15/h2-5,10,12,20H,6-9,11H2,1H3,(H,19,23). The average molecular weight is 343 g/mol. The summed E-state index contributed by atoms with van der Waals surface area (Å²) in [5.41, 5.74) is 1.31. The number of rotatable bonds is 4. The van der Waals surface area contributed by atoms with Crippen molar-refractivity contribution in [1.29, 1.82) is 0 Å².